The van der Waals surface area contributed by atoms with Crippen LogP contribution in [0.25, 0.3) is 0 Å². The van der Waals surface area contributed by atoms with Crippen LogP contribution in [0, 0.1) is 17.3 Å². The molecule has 2 N–H and O–H groups in total. The van der Waals surface area contributed by atoms with Gasteiger partial charge in [0, 0.05) is 11.6 Å². The summed E-state index contributed by atoms with van der Waals surface area (Å²) >= 11 is 0. The largest absolute Gasteiger partial charge is 0.481 e. The zero-order chi connectivity index (χ0) is 19.6. The molecule has 0 aromatic carbocycles. The molecule has 5 heteroatoms. The Morgan fingerprint density at radius 3 is 2.30 bits per heavy atom. The van der Waals surface area contributed by atoms with Crippen LogP contribution in [0.3, 0.4) is 0 Å². The number of hydrogen-bond donors (Lipinski definition) is 2. The normalized spacial score (nSPS) is 29.7. The van der Waals surface area contributed by atoms with Gasteiger partial charge in [0.25, 0.3) is 0 Å². The lowest BCUT2D eigenvalue weighted by molar-refractivity contribution is -0.150. The van der Waals surface area contributed by atoms with Gasteiger partial charge in [-0.1, -0.05) is 30.9 Å². The highest BCUT2D eigenvalue weighted by atomic mass is 16.4. The zero-order valence-corrected chi connectivity index (χ0v) is 16.6. The summed E-state index contributed by atoms with van der Waals surface area (Å²) in [6.07, 6.45) is 11.8. The molecule has 2 aliphatic carbocycles. The molecule has 0 spiro atoms. The van der Waals surface area contributed by atoms with Crippen molar-refractivity contribution in [1.82, 2.24) is 4.90 Å². The van der Waals surface area contributed by atoms with Crippen molar-refractivity contribution in [3.8, 4) is 0 Å². The van der Waals surface area contributed by atoms with Crippen LogP contribution in [0.2, 0.25) is 0 Å². The van der Waals surface area contributed by atoms with Crippen molar-refractivity contribution in [3.05, 3.63) is 23.3 Å². The van der Waals surface area contributed by atoms with E-state index in [0.717, 1.165) is 37.4 Å². The van der Waals surface area contributed by atoms with Gasteiger partial charge in [-0.05, 0) is 77.0 Å². The van der Waals surface area contributed by atoms with E-state index >= 15 is 0 Å². The summed E-state index contributed by atoms with van der Waals surface area (Å²) in [5.41, 5.74) is -0.110. The van der Waals surface area contributed by atoms with Crippen LogP contribution >= 0.6 is 0 Å². The lowest BCUT2D eigenvalue weighted by atomic mass is 9.64. The van der Waals surface area contributed by atoms with E-state index in [9.17, 15) is 19.8 Å². The fraction of sp³-hybridized carbons (Fsp3) is 0.727. The Balaban J connectivity index is 1.70. The summed E-state index contributed by atoms with van der Waals surface area (Å²) in [6, 6.07) is 0.560. The molecule has 3 aliphatic rings. The first-order valence-electron chi connectivity index (χ1n) is 10.4. The molecule has 1 heterocycles. The Kier molecular flexibility index (Phi) is 6.09. The second-order valence-electron chi connectivity index (χ2n) is 8.83. The van der Waals surface area contributed by atoms with Gasteiger partial charge in [0.2, 0.25) is 0 Å². The van der Waals surface area contributed by atoms with Crippen LogP contribution in [0.15, 0.2) is 23.3 Å². The highest BCUT2D eigenvalue weighted by Gasteiger charge is 2.48. The Morgan fingerprint density at radius 2 is 1.74 bits per heavy atom. The smallest absolute Gasteiger partial charge is 0.331 e. The number of piperidine rings is 1. The van der Waals surface area contributed by atoms with Gasteiger partial charge >= 0.3 is 11.9 Å². The summed E-state index contributed by atoms with van der Waals surface area (Å²) in [4.78, 5) is 26.3. The first kappa shape index (κ1) is 20.1. The van der Waals surface area contributed by atoms with Crippen LogP contribution in [-0.4, -0.2) is 46.2 Å². The molecule has 2 unspecified atom stereocenters. The first-order valence-corrected chi connectivity index (χ1v) is 10.4. The predicted molar refractivity (Wildman–Crippen MR) is 104 cm³/mol. The Hall–Kier alpha value is -1.62. The maximum atomic E-state index is 12.3. The number of nitrogens with zero attached hydrogens (tertiary/aromatic N) is 1. The number of hydrogen-bond acceptors (Lipinski definition) is 3. The van der Waals surface area contributed by atoms with Crippen LogP contribution in [-0.2, 0) is 9.59 Å². The van der Waals surface area contributed by atoms with Crippen molar-refractivity contribution in [3.63, 3.8) is 0 Å². The number of carboxylic acid groups (broad SMARTS) is 2. The van der Waals surface area contributed by atoms with E-state index in [0.29, 0.717) is 6.04 Å². The molecule has 0 bridgehead atoms. The molecule has 2 atom stereocenters. The minimum atomic E-state index is -1.08. The topological polar surface area (TPSA) is 77.8 Å². The number of carboxylic acids is 2. The van der Waals surface area contributed by atoms with Crippen molar-refractivity contribution in [2.75, 3.05) is 13.1 Å². The lowest BCUT2D eigenvalue weighted by Gasteiger charge is -2.45. The molecule has 0 radical (unpaired) electrons. The van der Waals surface area contributed by atoms with Gasteiger partial charge < -0.3 is 15.1 Å². The number of carbonyl (C=O) groups is 2. The molecule has 5 nitrogen and oxygen atoms in total. The second kappa shape index (κ2) is 8.17. The summed E-state index contributed by atoms with van der Waals surface area (Å²) in [5, 5.41) is 19.5. The Labute approximate surface area is 162 Å². The molecule has 0 aromatic heterocycles. The molecule has 0 amide bonds. The third-order valence-corrected chi connectivity index (χ3v) is 7.21. The van der Waals surface area contributed by atoms with Crippen molar-refractivity contribution in [2.24, 2.45) is 17.3 Å². The quantitative estimate of drug-likeness (QED) is 0.756. The van der Waals surface area contributed by atoms with E-state index in [1.807, 2.05) is 6.08 Å². The summed E-state index contributed by atoms with van der Waals surface area (Å²) in [7, 11) is 0. The summed E-state index contributed by atoms with van der Waals surface area (Å²) in [6.45, 7) is 5.96. The highest BCUT2D eigenvalue weighted by molar-refractivity contribution is 5.90. The Morgan fingerprint density at radius 1 is 1.11 bits per heavy atom. The molecule has 1 saturated carbocycles. The van der Waals surface area contributed by atoms with Crippen molar-refractivity contribution >= 4 is 11.9 Å². The van der Waals surface area contributed by atoms with Gasteiger partial charge in [0.05, 0.1) is 5.41 Å². The highest BCUT2D eigenvalue weighted by Crippen LogP contribution is 2.46. The van der Waals surface area contributed by atoms with Crippen LogP contribution in [0.5, 0.6) is 0 Å². The van der Waals surface area contributed by atoms with E-state index in [1.165, 1.54) is 32.1 Å². The van der Waals surface area contributed by atoms with Crippen molar-refractivity contribution < 1.29 is 19.8 Å². The van der Waals surface area contributed by atoms with Gasteiger partial charge in [0.1, 0.15) is 0 Å². The van der Waals surface area contributed by atoms with Crippen LogP contribution in [0.4, 0.5) is 0 Å². The summed E-state index contributed by atoms with van der Waals surface area (Å²) < 4.78 is 0. The van der Waals surface area contributed by atoms with Gasteiger partial charge in [-0.25, -0.2) is 4.79 Å². The third kappa shape index (κ3) is 4.13. The van der Waals surface area contributed by atoms with Crippen LogP contribution < -0.4 is 0 Å². The van der Waals surface area contributed by atoms with E-state index in [4.69, 9.17) is 0 Å². The van der Waals surface area contributed by atoms with E-state index in [2.05, 4.69) is 11.8 Å². The maximum absolute atomic E-state index is 12.3. The molecular weight excluding hydrogens is 342 g/mol. The van der Waals surface area contributed by atoms with Gasteiger partial charge in [-0.15, -0.1) is 0 Å². The van der Waals surface area contributed by atoms with Gasteiger partial charge in [-0.3, -0.25) is 4.79 Å². The molecule has 150 valence electrons. The standard InChI is InChI=1S/C22H33NO4/c1-15-12-18(20(24)25)14-22(13-15,21(26)27)19-8-10-23(11-9-19)16(2)17-6-4-3-5-7-17/h12-13,16-17,19H,3-11,14H2,1-2H3,(H,24,25)(H,26,27). The van der Waals surface area contributed by atoms with E-state index < -0.39 is 17.4 Å². The third-order valence-electron chi connectivity index (χ3n) is 7.21. The maximum Gasteiger partial charge on any atom is 0.331 e. The molecule has 1 saturated heterocycles. The summed E-state index contributed by atoms with van der Waals surface area (Å²) in [5.74, 6) is -1.13. The zero-order valence-electron chi connectivity index (χ0n) is 16.6. The Bertz CT molecular complexity index is 639. The fourth-order valence-corrected chi connectivity index (χ4v) is 5.59. The average Bonchev–Trinajstić information content (AvgIpc) is 2.67. The minimum absolute atomic E-state index is 0.0113. The monoisotopic (exact) mass is 375 g/mol. The molecule has 27 heavy (non-hydrogen) atoms. The van der Waals surface area contributed by atoms with Gasteiger partial charge in [-0.2, -0.15) is 0 Å². The second-order valence-corrected chi connectivity index (χ2v) is 8.83. The number of aliphatic carboxylic acids is 2. The average molecular weight is 376 g/mol. The molecule has 0 aromatic rings. The number of likely N-dealkylation sites (tertiary alicyclic amines) is 1. The van der Waals surface area contributed by atoms with Crippen molar-refractivity contribution in [1.29, 1.82) is 0 Å². The predicted octanol–water partition coefficient (Wildman–Crippen LogP) is 4.10. The molecule has 2 fully saturated rings. The van der Waals surface area contributed by atoms with Crippen molar-refractivity contribution in [2.45, 2.75) is 71.3 Å². The van der Waals surface area contributed by atoms with E-state index in [-0.39, 0.29) is 17.9 Å². The van der Waals surface area contributed by atoms with Crippen LogP contribution in [0.1, 0.15) is 65.2 Å². The fourth-order valence-electron chi connectivity index (χ4n) is 5.59. The number of rotatable bonds is 5. The van der Waals surface area contributed by atoms with E-state index in [1.54, 1.807) is 13.0 Å². The molecule has 3 rings (SSSR count). The molecule has 1 aliphatic heterocycles. The lowest BCUT2D eigenvalue weighted by Crippen LogP contribution is -2.49. The van der Waals surface area contributed by atoms with Gasteiger partial charge in [0.15, 0.2) is 0 Å². The number of allylic oxidation sites excluding steroid dienone is 2. The molecular formula is C22H33NO4. The SMILES string of the molecule is CC1=CC(C(=O)O)(C2CCN(C(C)C3CCCCC3)CC2)CC(C(=O)O)=C1. The first-order chi connectivity index (χ1) is 12.8. The minimum Gasteiger partial charge on any atom is -0.481 e.